The van der Waals surface area contributed by atoms with Crippen LogP contribution in [0.1, 0.15) is 20.8 Å². The van der Waals surface area contributed by atoms with E-state index in [1.165, 1.54) is 41.3 Å². The molecule has 0 aliphatic rings. The van der Waals surface area contributed by atoms with Gasteiger partial charge in [-0.05, 0) is 24.5 Å². The lowest BCUT2D eigenvalue weighted by Crippen LogP contribution is -2.10. The molecule has 0 atom stereocenters. The van der Waals surface area contributed by atoms with Crippen LogP contribution in [-0.2, 0) is 12.8 Å². The minimum absolute atomic E-state index is 0.00693. The van der Waals surface area contributed by atoms with Gasteiger partial charge < -0.3 is 4.74 Å². The predicted octanol–water partition coefficient (Wildman–Crippen LogP) is 6.22. The fraction of sp³-hybridized carbons (Fsp3) is 0.143. The Balaban J connectivity index is 1.70. The highest BCUT2D eigenvalue weighted by Gasteiger charge is 2.33. The zero-order valence-electron chi connectivity index (χ0n) is 15.6. The van der Waals surface area contributed by atoms with Crippen LogP contribution in [0.15, 0.2) is 59.8 Å². The Morgan fingerprint density at radius 2 is 1.90 bits per heavy atom. The Hall–Kier alpha value is -2.78. The molecule has 0 fully saturated rings. The summed E-state index contributed by atoms with van der Waals surface area (Å²) in [4.78, 5) is 16.5. The number of alkyl halides is 3. The van der Waals surface area contributed by atoms with Gasteiger partial charge in [0.15, 0.2) is 11.4 Å². The number of carbonyl (C=O) groups is 1. The topological polar surface area (TPSA) is 44.1 Å². The van der Waals surface area contributed by atoms with E-state index in [0.29, 0.717) is 16.2 Å². The maximum Gasteiger partial charge on any atom is 0.416 e. The van der Waals surface area contributed by atoms with Crippen molar-refractivity contribution in [1.29, 1.82) is 0 Å². The summed E-state index contributed by atoms with van der Waals surface area (Å²) in [5.41, 5.74) is 0.935. The van der Waals surface area contributed by atoms with Crippen molar-refractivity contribution in [1.82, 2.24) is 9.55 Å². The molecule has 2 aromatic heterocycles. The summed E-state index contributed by atoms with van der Waals surface area (Å²) < 4.78 is 47.2. The molecule has 9 heteroatoms. The summed E-state index contributed by atoms with van der Waals surface area (Å²) in [6.45, 7) is -0.299. The largest absolute Gasteiger partial charge is 0.487 e. The SMILES string of the molecule is CSc1nc2ccccc2n1-c1cc(OCc2ccccc2C(F)(F)F)c(C=O)s1. The van der Waals surface area contributed by atoms with Gasteiger partial charge in [0, 0.05) is 11.6 Å². The Bertz CT molecular complexity index is 1210. The number of ether oxygens (including phenoxy) is 1. The summed E-state index contributed by atoms with van der Waals surface area (Å²) in [5, 5.41) is 1.44. The molecular formula is C21H15F3N2O2S2. The fourth-order valence-electron chi connectivity index (χ4n) is 3.11. The third kappa shape index (κ3) is 3.82. The number of hydrogen-bond acceptors (Lipinski definition) is 5. The number of thioether (sulfide) groups is 1. The molecule has 2 aromatic carbocycles. The third-order valence-corrected chi connectivity index (χ3v) is 6.12. The van der Waals surface area contributed by atoms with Crippen LogP contribution in [0, 0.1) is 0 Å². The maximum absolute atomic E-state index is 13.2. The Labute approximate surface area is 178 Å². The smallest absolute Gasteiger partial charge is 0.416 e. The molecule has 4 rings (SSSR count). The zero-order valence-corrected chi connectivity index (χ0v) is 17.3. The van der Waals surface area contributed by atoms with E-state index in [4.69, 9.17) is 4.74 Å². The van der Waals surface area contributed by atoms with Crippen molar-refractivity contribution in [3.63, 3.8) is 0 Å². The number of para-hydroxylation sites is 2. The summed E-state index contributed by atoms with van der Waals surface area (Å²) in [7, 11) is 0. The number of halogens is 3. The van der Waals surface area contributed by atoms with Crippen molar-refractivity contribution in [3.05, 3.63) is 70.6 Å². The van der Waals surface area contributed by atoms with Gasteiger partial charge >= 0.3 is 6.18 Å². The maximum atomic E-state index is 13.2. The lowest BCUT2D eigenvalue weighted by Gasteiger charge is -2.13. The second kappa shape index (κ2) is 8.16. The van der Waals surface area contributed by atoms with Crippen LogP contribution in [0.2, 0.25) is 0 Å². The second-order valence-corrected chi connectivity index (χ2v) is 8.13. The molecule has 0 aliphatic heterocycles. The van der Waals surface area contributed by atoms with Gasteiger partial charge in [-0.15, -0.1) is 11.3 Å². The van der Waals surface area contributed by atoms with E-state index in [-0.39, 0.29) is 17.9 Å². The number of fused-ring (bicyclic) bond motifs is 1. The van der Waals surface area contributed by atoms with Crippen LogP contribution in [0.4, 0.5) is 13.2 Å². The number of nitrogens with zero attached hydrogens (tertiary/aromatic N) is 2. The van der Waals surface area contributed by atoms with E-state index in [0.717, 1.165) is 22.3 Å². The normalized spacial score (nSPS) is 11.7. The van der Waals surface area contributed by atoms with Gasteiger partial charge in [-0.2, -0.15) is 13.2 Å². The van der Waals surface area contributed by atoms with Gasteiger partial charge in [0.1, 0.15) is 22.2 Å². The van der Waals surface area contributed by atoms with Crippen molar-refractivity contribution in [3.8, 4) is 10.8 Å². The average Bonchev–Trinajstić information content (AvgIpc) is 3.32. The van der Waals surface area contributed by atoms with Crippen LogP contribution in [0.5, 0.6) is 5.75 Å². The highest BCUT2D eigenvalue weighted by atomic mass is 32.2. The van der Waals surface area contributed by atoms with Gasteiger partial charge in [0.05, 0.1) is 16.6 Å². The zero-order chi connectivity index (χ0) is 21.3. The first-order valence-electron chi connectivity index (χ1n) is 8.81. The number of rotatable bonds is 6. The number of benzene rings is 2. The number of thiophene rings is 1. The van der Waals surface area contributed by atoms with Crippen LogP contribution < -0.4 is 4.74 Å². The van der Waals surface area contributed by atoms with Crippen LogP contribution >= 0.6 is 23.1 Å². The molecule has 0 spiro atoms. The van der Waals surface area contributed by atoms with E-state index < -0.39 is 11.7 Å². The summed E-state index contributed by atoms with van der Waals surface area (Å²) in [6, 6.07) is 14.5. The van der Waals surface area contributed by atoms with E-state index in [1.807, 2.05) is 35.1 Å². The molecule has 0 unspecified atom stereocenters. The Morgan fingerprint density at radius 1 is 1.17 bits per heavy atom. The van der Waals surface area contributed by atoms with E-state index in [1.54, 1.807) is 6.07 Å². The first-order chi connectivity index (χ1) is 14.4. The second-order valence-electron chi connectivity index (χ2n) is 6.30. The summed E-state index contributed by atoms with van der Waals surface area (Å²) >= 11 is 2.66. The van der Waals surface area contributed by atoms with E-state index in [2.05, 4.69) is 4.98 Å². The Morgan fingerprint density at radius 3 is 2.63 bits per heavy atom. The van der Waals surface area contributed by atoms with E-state index >= 15 is 0 Å². The highest BCUT2D eigenvalue weighted by Crippen LogP contribution is 2.37. The predicted molar refractivity (Wildman–Crippen MR) is 112 cm³/mol. The molecule has 2 heterocycles. The summed E-state index contributed by atoms with van der Waals surface area (Å²) in [6.07, 6.45) is -1.93. The van der Waals surface area contributed by atoms with Crippen LogP contribution in [0.25, 0.3) is 16.0 Å². The van der Waals surface area contributed by atoms with Gasteiger partial charge in [-0.25, -0.2) is 4.98 Å². The van der Waals surface area contributed by atoms with Crippen molar-refractivity contribution >= 4 is 40.4 Å². The van der Waals surface area contributed by atoms with Crippen molar-refractivity contribution < 1.29 is 22.7 Å². The van der Waals surface area contributed by atoms with Gasteiger partial charge in [0.2, 0.25) is 0 Å². The monoisotopic (exact) mass is 448 g/mol. The molecule has 0 saturated carbocycles. The molecule has 154 valence electrons. The van der Waals surface area contributed by atoms with Gasteiger partial charge in [0.25, 0.3) is 0 Å². The molecule has 0 N–H and O–H groups in total. The van der Waals surface area contributed by atoms with Crippen LogP contribution in [-0.4, -0.2) is 22.1 Å². The molecular weight excluding hydrogens is 433 g/mol. The number of carbonyl (C=O) groups excluding carboxylic acids is 1. The molecule has 0 amide bonds. The first kappa shape index (κ1) is 20.5. The lowest BCUT2D eigenvalue weighted by molar-refractivity contribution is -0.138. The van der Waals surface area contributed by atoms with Crippen molar-refractivity contribution in [2.24, 2.45) is 0 Å². The fourth-order valence-corrected chi connectivity index (χ4v) is 4.67. The minimum Gasteiger partial charge on any atom is -0.487 e. The molecule has 0 aliphatic carbocycles. The molecule has 4 nitrogen and oxygen atoms in total. The van der Waals surface area contributed by atoms with Crippen LogP contribution in [0.3, 0.4) is 0 Å². The standard InChI is InChI=1S/C21H15F3N2O2S2/c1-29-20-25-15-8-4-5-9-16(15)26(20)19-10-17(18(11-27)30-19)28-12-13-6-2-3-7-14(13)21(22,23)24/h2-11H,12H2,1H3. The van der Waals surface area contributed by atoms with Crippen molar-refractivity contribution in [2.75, 3.05) is 6.26 Å². The quantitative estimate of drug-likeness (QED) is 0.260. The molecule has 0 saturated heterocycles. The number of aldehydes is 1. The average molecular weight is 448 g/mol. The van der Waals surface area contributed by atoms with E-state index in [9.17, 15) is 18.0 Å². The highest BCUT2D eigenvalue weighted by molar-refractivity contribution is 7.98. The molecule has 4 aromatic rings. The first-order valence-corrected chi connectivity index (χ1v) is 10.8. The molecule has 0 radical (unpaired) electrons. The Kier molecular flexibility index (Phi) is 5.57. The van der Waals surface area contributed by atoms with Gasteiger partial charge in [-0.3, -0.25) is 9.36 Å². The molecule has 0 bridgehead atoms. The van der Waals surface area contributed by atoms with Crippen molar-refractivity contribution in [2.45, 2.75) is 17.9 Å². The minimum atomic E-state index is -4.48. The third-order valence-electron chi connectivity index (χ3n) is 4.46. The number of imidazole rings is 1. The summed E-state index contributed by atoms with van der Waals surface area (Å²) in [5.74, 6) is 0.242. The number of aromatic nitrogens is 2. The number of hydrogen-bond donors (Lipinski definition) is 0. The van der Waals surface area contributed by atoms with Gasteiger partial charge in [-0.1, -0.05) is 42.1 Å². The molecule has 30 heavy (non-hydrogen) atoms. The lowest BCUT2D eigenvalue weighted by atomic mass is 10.1.